The summed E-state index contributed by atoms with van der Waals surface area (Å²) in [4.78, 5) is 28.0. The lowest BCUT2D eigenvalue weighted by atomic mass is 10.1. The lowest BCUT2D eigenvalue weighted by Gasteiger charge is -2.02. The first-order valence-corrected chi connectivity index (χ1v) is 10.0. The highest BCUT2D eigenvalue weighted by Crippen LogP contribution is 2.35. The van der Waals surface area contributed by atoms with Gasteiger partial charge in [0.2, 0.25) is 0 Å². The number of nitrogens with one attached hydrogen (secondary N) is 1. The third-order valence-electron chi connectivity index (χ3n) is 4.60. The highest BCUT2D eigenvalue weighted by Gasteiger charge is 2.26. The predicted octanol–water partition coefficient (Wildman–Crippen LogP) is 5.01. The molecule has 4 rings (SSSR count). The third-order valence-corrected chi connectivity index (χ3v) is 5.76. The summed E-state index contributed by atoms with van der Waals surface area (Å²) in [5.41, 5.74) is 0.186. The van der Waals surface area contributed by atoms with Gasteiger partial charge in [-0.15, -0.1) is 0 Å². The molecule has 2 aromatic rings. The van der Waals surface area contributed by atoms with Crippen molar-refractivity contribution in [1.82, 2.24) is 5.32 Å². The van der Waals surface area contributed by atoms with E-state index in [2.05, 4.69) is 10.3 Å². The van der Waals surface area contributed by atoms with Crippen molar-refractivity contribution in [2.24, 2.45) is 4.99 Å². The van der Waals surface area contributed by atoms with Crippen molar-refractivity contribution in [3.63, 3.8) is 0 Å². The largest absolute Gasteiger partial charge is 0.456 e. The number of aliphatic imine (C=N–C) groups is 1. The zero-order chi connectivity index (χ0) is 19.7. The van der Waals surface area contributed by atoms with Gasteiger partial charge in [0.1, 0.15) is 11.5 Å². The molecule has 1 aliphatic heterocycles. The van der Waals surface area contributed by atoms with E-state index < -0.39 is 4.92 Å². The Morgan fingerprint density at radius 3 is 2.82 bits per heavy atom. The Kier molecular flexibility index (Phi) is 5.23. The molecule has 1 aromatic heterocycles. The molecule has 9 heteroatoms. The smallest absolute Gasteiger partial charge is 0.281 e. The number of amidine groups is 1. The van der Waals surface area contributed by atoms with Crippen molar-refractivity contribution in [2.75, 3.05) is 0 Å². The van der Waals surface area contributed by atoms with Crippen LogP contribution in [0.4, 0.5) is 5.69 Å². The summed E-state index contributed by atoms with van der Waals surface area (Å²) in [6.07, 6.45) is 6.08. The van der Waals surface area contributed by atoms with Crippen molar-refractivity contribution < 1.29 is 14.1 Å². The number of thioether (sulfide) groups is 1. The lowest BCUT2D eigenvalue weighted by Crippen LogP contribution is -2.21. The van der Waals surface area contributed by atoms with Gasteiger partial charge in [-0.3, -0.25) is 19.9 Å². The molecule has 144 valence electrons. The fraction of sp³-hybridized carbons (Fsp3) is 0.263. The minimum Gasteiger partial charge on any atom is -0.456 e. The van der Waals surface area contributed by atoms with Crippen molar-refractivity contribution in [3.8, 4) is 11.3 Å². The van der Waals surface area contributed by atoms with E-state index in [0.717, 1.165) is 12.8 Å². The first-order chi connectivity index (χ1) is 13.5. The van der Waals surface area contributed by atoms with Crippen LogP contribution in [0.1, 0.15) is 31.4 Å². The Hall–Kier alpha value is -2.58. The Bertz CT molecular complexity index is 1010. The maximum absolute atomic E-state index is 12.2. The standard InChI is InChI=1S/C19H16ClN3O4S/c20-11-5-7-14(15(9-11)23(25)26)16-8-6-13(27-16)10-17-18(24)22-19(28-17)21-12-3-1-2-4-12/h5-10,12H,1-4H2,(H,21,22,24)/b17-10-. The van der Waals surface area contributed by atoms with Crippen LogP contribution in [0.5, 0.6) is 0 Å². The molecule has 2 heterocycles. The van der Waals surface area contributed by atoms with Crippen LogP contribution in [0.25, 0.3) is 17.4 Å². The fourth-order valence-electron chi connectivity index (χ4n) is 3.26. The second-order valence-electron chi connectivity index (χ2n) is 6.56. The van der Waals surface area contributed by atoms with Crippen molar-refractivity contribution in [2.45, 2.75) is 31.7 Å². The number of benzene rings is 1. The molecule has 7 nitrogen and oxygen atoms in total. The van der Waals surface area contributed by atoms with E-state index in [9.17, 15) is 14.9 Å². The Morgan fingerprint density at radius 2 is 2.07 bits per heavy atom. The van der Waals surface area contributed by atoms with Crippen molar-refractivity contribution >= 4 is 46.2 Å². The summed E-state index contributed by atoms with van der Waals surface area (Å²) in [5.74, 6) is 0.537. The first-order valence-electron chi connectivity index (χ1n) is 8.82. The van der Waals surface area contributed by atoms with Gasteiger partial charge in [-0.1, -0.05) is 24.4 Å². The number of carbonyl (C=O) groups excluding carboxylic acids is 1. The molecule has 1 saturated heterocycles. The van der Waals surface area contributed by atoms with Crippen LogP contribution in [0.15, 0.2) is 44.6 Å². The number of carbonyl (C=O) groups is 1. The first kappa shape index (κ1) is 18.8. The molecule has 0 bridgehead atoms. The van der Waals surface area contributed by atoms with Crippen molar-refractivity contribution in [1.29, 1.82) is 0 Å². The molecule has 0 radical (unpaired) electrons. The highest BCUT2D eigenvalue weighted by atomic mass is 35.5. The minimum absolute atomic E-state index is 0.139. The molecule has 2 aliphatic rings. The molecule has 0 unspecified atom stereocenters. The van der Waals surface area contributed by atoms with E-state index in [1.54, 1.807) is 30.3 Å². The molecule has 0 atom stereocenters. The number of hydrogen-bond donors (Lipinski definition) is 1. The zero-order valence-corrected chi connectivity index (χ0v) is 16.3. The molecular formula is C19H16ClN3O4S. The third kappa shape index (κ3) is 3.98. The molecule has 1 aliphatic carbocycles. The number of amides is 1. The Morgan fingerprint density at radius 1 is 1.29 bits per heavy atom. The second kappa shape index (κ2) is 7.81. The number of nitrogens with zero attached hydrogens (tertiary/aromatic N) is 2. The van der Waals surface area contributed by atoms with Gasteiger partial charge in [0.25, 0.3) is 11.6 Å². The summed E-state index contributed by atoms with van der Waals surface area (Å²) in [6.45, 7) is 0. The molecule has 2 fully saturated rings. The molecule has 0 spiro atoms. The SMILES string of the molecule is O=C1NC(=NC2CCCC2)S/C1=C\c1ccc(-c2ccc(Cl)cc2[N+](=O)[O-])o1. The van der Waals surface area contributed by atoms with Crippen LogP contribution in [-0.4, -0.2) is 22.0 Å². The maximum atomic E-state index is 12.2. The number of halogens is 1. The van der Waals surface area contributed by atoms with Crippen LogP contribution in [0.3, 0.4) is 0 Å². The van der Waals surface area contributed by atoms with Crippen LogP contribution in [0, 0.1) is 10.1 Å². The average Bonchev–Trinajstić information content (AvgIpc) is 3.39. The van der Waals surface area contributed by atoms with Gasteiger partial charge in [-0.25, -0.2) is 0 Å². The normalized spacial score (nSPS) is 20.2. The molecule has 1 aromatic carbocycles. The van der Waals surface area contributed by atoms with Gasteiger partial charge in [-0.2, -0.15) is 0 Å². The topological polar surface area (TPSA) is 97.7 Å². The number of rotatable bonds is 4. The Balaban J connectivity index is 1.57. The molecule has 1 N–H and O–H groups in total. The van der Waals surface area contributed by atoms with Crippen LogP contribution >= 0.6 is 23.4 Å². The van der Waals surface area contributed by atoms with Gasteiger partial charge < -0.3 is 9.73 Å². The van der Waals surface area contributed by atoms with Gasteiger partial charge in [-0.05, 0) is 48.9 Å². The monoisotopic (exact) mass is 417 g/mol. The van der Waals surface area contributed by atoms with Crippen molar-refractivity contribution in [3.05, 3.63) is 56.1 Å². The molecular weight excluding hydrogens is 402 g/mol. The van der Waals surface area contributed by atoms with Gasteiger partial charge >= 0.3 is 0 Å². The second-order valence-corrected chi connectivity index (χ2v) is 8.02. The van der Waals surface area contributed by atoms with Crippen LogP contribution in [-0.2, 0) is 4.79 Å². The number of nitro groups is 1. The quantitative estimate of drug-likeness (QED) is 0.428. The highest BCUT2D eigenvalue weighted by molar-refractivity contribution is 8.18. The molecule has 1 saturated carbocycles. The van der Waals surface area contributed by atoms with E-state index in [1.165, 1.54) is 30.7 Å². The summed E-state index contributed by atoms with van der Waals surface area (Å²) < 4.78 is 5.72. The molecule has 28 heavy (non-hydrogen) atoms. The maximum Gasteiger partial charge on any atom is 0.281 e. The van der Waals surface area contributed by atoms with Gasteiger partial charge in [0.15, 0.2) is 5.17 Å². The van der Waals surface area contributed by atoms with E-state index in [4.69, 9.17) is 16.0 Å². The van der Waals surface area contributed by atoms with E-state index >= 15 is 0 Å². The van der Waals surface area contributed by atoms with E-state index in [-0.39, 0.29) is 22.7 Å². The van der Waals surface area contributed by atoms with E-state index in [1.807, 2.05) is 0 Å². The van der Waals surface area contributed by atoms with Crippen LogP contribution in [0.2, 0.25) is 5.02 Å². The van der Waals surface area contributed by atoms with Crippen LogP contribution < -0.4 is 5.32 Å². The molecule has 1 amide bonds. The van der Waals surface area contributed by atoms with E-state index in [0.29, 0.717) is 27.2 Å². The number of nitro benzene ring substituents is 1. The fourth-order valence-corrected chi connectivity index (χ4v) is 4.30. The lowest BCUT2D eigenvalue weighted by molar-refractivity contribution is -0.384. The Labute approximate surface area is 170 Å². The summed E-state index contributed by atoms with van der Waals surface area (Å²) >= 11 is 7.13. The summed E-state index contributed by atoms with van der Waals surface area (Å²) in [7, 11) is 0. The number of furan rings is 1. The summed E-state index contributed by atoms with van der Waals surface area (Å²) in [6, 6.07) is 7.97. The zero-order valence-electron chi connectivity index (χ0n) is 14.7. The van der Waals surface area contributed by atoms with Gasteiger partial charge in [0.05, 0.1) is 21.4 Å². The minimum atomic E-state index is -0.506. The predicted molar refractivity (Wildman–Crippen MR) is 109 cm³/mol. The summed E-state index contributed by atoms with van der Waals surface area (Å²) in [5, 5.41) is 14.9. The number of hydrogen-bond acceptors (Lipinski definition) is 6. The van der Waals surface area contributed by atoms with Gasteiger partial charge in [0, 0.05) is 17.2 Å². The average molecular weight is 418 g/mol.